The van der Waals surface area contributed by atoms with Crippen molar-refractivity contribution in [2.24, 2.45) is 0 Å². The molecule has 0 aromatic carbocycles. The number of aliphatic hydroxyl groups is 1. The highest BCUT2D eigenvalue weighted by Crippen LogP contribution is 2.21. The van der Waals surface area contributed by atoms with E-state index < -0.39 is 15.6 Å². The lowest BCUT2D eigenvalue weighted by molar-refractivity contribution is -0.0588. The molecule has 1 aliphatic heterocycles. The second kappa shape index (κ2) is 6.30. The van der Waals surface area contributed by atoms with E-state index in [1.807, 2.05) is 6.92 Å². The molecule has 1 fully saturated rings. The number of aromatic nitrogens is 2. The van der Waals surface area contributed by atoms with Crippen LogP contribution in [-0.4, -0.2) is 48.7 Å². The van der Waals surface area contributed by atoms with E-state index in [-0.39, 0.29) is 17.3 Å². The molecule has 0 atom stereocenters. The Hall–Kier alpha value is -1.16. The Labute approximate surface area is 124 Å². The molecule has 0 unspecified atom stereocenters. The van der Waals surface area contributed by atoms with Crippen LogP contribution in [0.25, 0.3) is 0 Å². The van der Waals surface area contributed by atoms with Gasteiger partial charge in [-0.15, -0.1) is 0 Å². The van der Waals surface area contributed by atoms with Crippen molar-refractivity contribution in [2.75, 3.05) is 25.5 Å². The zero-order valence-electron chi connectivity index (χ0n) is 12.1. The van der Waals surface area contributed by atoms with Gasteiger partial charge >= 0.3 is 0 Å². The van der Waals surface area contributed by atoms with Crippen molar-refractivity contribution < 1.29 is 18.3 Å². The van der Waals surface area contributed by atoms with E-state index in [1.165, 1.54) is 10.9 Å². The zero-order valence-corrected chi connectivity index (χ0v) is 12.9. The number of hydrogen-bond acceptors (Lipinski definition) is 6. The van der Waals surface area contributed by atoms with E-state index in [1.54, 1.807) is 0 Å². The molecule has 1 aliphatic rings. The molecule has 1 aromatic heterocycles. The lowest BCUT2D eigenvalue weighted by Gasteiger charge is -2.31. The number of rotatable bonds is 6. The number of sulfonamides is 1. The maximum atomic E-state index is 12.3. The molecular formula is C12H22N4O4S. The molecule has 1 aromatic rings. The summed E-state index contributed by atoms with van der Waals surface area (Å²) < 4.78 is 33.6. The summed E-state index contributed by atoms with van der Waals surface area (Å²) >= 11 is 0. The van der Waals surface area contributed by atoms with Crippen molar-refractivity contribution >= 4 is 15.8 Å². The van der Waals surface area contributed by atoms with Crippen molar-refractivity contribution in [1.29, 1.82) is 0 Å². The maximum Gasteiger partial charge on any atom is 0.245 e. The van der Waals surface area contributed by atoms with Crippen molar-refractivity contribution in [2.45, 2.75) is 43.2 Å². The maximum absolute atomic E-state index is 12.3. The largest absolute Gasteiger partial charge is 0.388 e. The van der Waals surface area contributed by atoms with Crippen molar-refractivity contribution in [1.82, 2.24) is 14.5 Å². The lowest BCUT2D eigenvalue weighted by atomic mass is 9.95. The SMILES string of the molecule is CCCn1cc(S(=O)(=O)NCC2(O)CCOCC2)c(N)n1. The van der Waals surface area contributed by atoms with Gasteiger partial charge in [0.15, 0.2) is 5.82 Å². The second-order valence-corrected chi connectivity index (χ2v) is 7.04. The van der Waals surface area contributed by atoms with Gasteiger partial charge in [0, 0.05) is 45.3 Å². The van der Waals surface area contributed by atoms with Gasteiger partial charge in [-0.2, -0.15) is 5.10 Å². The molecule has 0 amide bonds. The topological polar surface area (TPSA) is 119 Å². The molecule has 0 radical (unpaired) electrons. The molecule has 21 heavy (non-hydrogen) atoms. The standard InChI is InChI=1S/C12H22N4O4S/c1-2-5-16-8-10(11(13)15-16)21(18,19)14-9-12(17)3-6-20-7-4-12/h8,14,17H,2-7,9H2,1H3,(H2,13,15). The van der Waals surface area contributed by atoms with Crippen molar-refractivity contribution in [3.8, 4) is 0 Å². The molecule has 120 valence electrons. The van der Waals surface area contributed by atoms with Crippen LogP contribution in [0.2, 0.25) is 0 Å². The number of hydrogen-bond donors (Lipinski definition) is 3. The van der Waals surface area contributed by atoms with Crippen LogP contribution in [0.15, 0.2) is 11.1 Å². The van der Waals surface area contributed by atoms with Crippen LogP contribution in [0.5, 0.6) is 0 Å². The first-order valence-corrected chi connectivity index (χ1v) is 8.47. The molecule has 0 bridgehead atoms. The van der Waals surface area contributed by atoms with Gasteiger partial charge in [0.05, 0.1) is 5.60 Å². The molecule has 2 heterocycles. The van der Waals surface area contributed by atoms with E-state index in [0.29, 0.717) is 32.6 Å². The summed E-state index contributed by atoms with van der Waals surface area (Å²) in [6.45, 7) is 3.35. The fourth-order valence-corrected chi connectivity index (χ4v) is 3.39. The minimum atomic E-state index is -3.79. The van der Waals surface area contributed by atoms with Crippen LogP contribution in [-0.2, 0) is 21.3 Å². The number of nitrogens with two attached hydrogens (primary N) is 1. The Bertz CT molecular complexity index is 578. The molecule has 4 N–H and O–H groups in total. The molecule has 9 heteroatoms. The molecule has 0 saturated carbocycles. The summed E-state index contributed by atoms with van der Waals surface area (Å²) in [5.41, 5.74) is 4.60. The van der Waals surface area contributed by atoms with Crippen LogP contribution < -0.4 is 10.5 Å². The third kappa shape index (κ3) is 3.94. The number of ether oxygens (including phenoxy) is 1. The molecule has 1 saturated heterocycles. The molecular weight excluding hydrogens is 296 g/mol. The van der Waals surface area contributed by atoms with E-state index in [9.17, 15) is 13.5 Å². The Morgan fingerprint density at radius 1 is 1.52 bits per heavy atom. The predicted octanol–water partition coefficient (Wildman–Crippen LogP) is -0.305. The summed E-state index contributed by atoms with van der Waals surface area (Å²) in [6.07, 6.45) is 3.04. The van der Waals surface area contributed by atoms with Gasteiger partial charge in [0.1, 0.15) is 4.90 Å². The number of aryl methyl sites for hydroxylation is 1. The summed E-state index contributed by atoms with van der Waals surface area (Å²) in [5, 5.41) is 14.3. The molecule has 0 spiro atoms. The van der Waals surface area contributed by atoms with E-state index >= 15 is 0 Å². The van der Waals surface area contributed by atoms with Gasteiger partial charge in [-0.3, -0.25) is 4.68 Å². The van der Waals surface area contributed by atoms with Gasteiger partial charge in [0.25, 0.3) is 0 Å². The van der Waals surface area contributed by atoms with Gasteiger partial charge in [-0.05, 0) is 6.42 Å². The van der Waals surface area contributed by atoms with Gasteiger partial charge in [-0.1, -0.05) is 6.92 Å². The van der Waals surface area contributed by atoms with Gasteiger partial charge in [0.2, 0.25) is 10.0 Å². The summed E-state index contributed by atoms with van der Waals surface area (Å²) in [4.78, 5) is -0.0494. The predicted molar refractivity (Wildman–Crippen MR) is 77.1 cm³/mol. The number of nitrogen functional groups attached to an aromatic ring is 1. The van der Waals surface area contributed by atoms with Crippen LogP contribution >= 0.6 is 0 Å². The van der Waals surface area contributed by atoms with Crippen molar-refractivity contribution in [3.05, 3.63) is 6.20 Å². The second-order valence-electron chi connectivity index (χ2n) is 5.30. The quantitative estimate of drug-likeness (QED) is 0.662. The van der Waals surface area contributed by atoms with Crippen LogP contribution in [0.3, 0.4) is 0 Å². The third-order valence-corrected chi connectivity index (χ3v) is 4.93. The van der Waals surface area contributed by atoms with E-state index in [4.69, 9.17) is 10.5 Å². The van der Waals surface area contributed by atoms with Crippen molar-refractivity contribution in [3.63, 3.8) is 0 Å². The third-order valence-electron chi connectivity index (χ3n) is 3.51. The van der Waals surface area contributed by atoms with Crippen LogP contribution in [0.4, 0.5) is 5.82 Å². The average molecular weight is 318 g/mol. The summed E-state index contributed by atoms with van der Waals surface area (Å²) in [5.74, 6) is -0.0325. The first-order valence-electron chi connectivity index (χ1n) is 6.99. The Morgan fingerprint density at radius 2 is 2.19 bits per heavy atom. The van der Waals surface area contributed by atoms with E-state index in [0.717, 1.165) is 6.42 Å². The van der Waals surface area contributed by atoms with Crippen LogP contribution in [0.1, 0.15) is 26.2 Å². The van der Waals surface area contributed by atoms with Crippen LogP contribution in [0, 0.1) is 0 Å². The Morgan fingerprint density at radius 3 is 2.81 bits per heavy atom. The molecule has 2 rings (SSSR count). The minimum Gasteiger partial charge on any atom is -0.388 e. The smallest absolute Gasteiger partial charge is 0.245 e. The summed E-state index contributed by atoms with van der Waals surface area (Å²) in [7, 11) is -3.79. The fraction of sp³-hybridized carbons (Fsp3) is 0.750. The zero-order chi connectivity index (χ0) is 15.5. The highest BCUT2D eigenvalue weighted by atomic mass is 32.2. The normalized spacial score (nSPS) is 18.8. The summed E-state index contributed by atoms with van der Waals surface area (Å²) in [6, 6.07) is 0. The fourth-order valence-electron chi connectivity index (χ4n) is 2.20. The molecule has 0 aliphatic carbocycles. The Kier molecular flexibility index (Phi) is 4.87. The molecule has 8 nitrogen and oxygen atoms in total. The average Bonchev–Trinajstić information content (AvgIpc) is 2.80. The first-order chi connectivity index (χ1) is 9.86. The Balaban J connectivity index is 2.07. The van der Waals surface area contributed by atoms with E-state index in [2.05, 4.69) is 9.82 Å². The van der Waals surface area contributed by atoms with Gasteiger partial charge in [-0.25, -0.2) is 13.1 Å². The highest BCUT2D eigenvalue weighted by molar-refractivity contribution is 7.89. The minimum absolute atomic E-state index is 0.0325. The number of nitrogens with one attached hydrogen (secondary N) is 1. The number of anilines is 1. The monoisotopic (exact) mass is 318 g/mol. The lowest BCUT2D eigenvalue weighted by Crippen LogP contribution is -2.46. The number of nitrogens with zero attached hydrogens (tertiary/aromatic N) is 2. The van der Waals surface area contributed by atoms with Gasteiger partial charge < -0.3 is 15.6 Å². The highest BCUT2D eigenvalue weighted by Gasteiger charge is 2.32. The first kappa shape index (κ1) is 16.2.